The summed E-state index contributed by atoms with van der Waals surface area (Å²) in [5, 5.41) is 0. The summed E-state index contributed by atoms with van der Waals surface area (Å²) in [6.07, 6.45) is 6.25. The van der Waals surface area contributed by atoms with Crippen LogP contribution in [0.25, 0.3) is 6.08 Å². The van der Waals surface area contributed by atoms with Crippen molar-refractivity contribution in [2.45, 2.75) is 30.2 Å². The molecular weight excluding hydrogens is 412 g/mol. The normalized spacial score (nSPS) is 20.4. The van der Waals surface area contributed by atoms with E-state index >= 15 is 0 Å². The van der Waals surface area contributed by atoms with Crippen molar-refractivity contribution in [2.75, 3.05) is 32.8 Å². The van der Waals surface area contributed by atoms with E-state index in [-0.39, 0.29) is 16.8 Å². The lowest BCUT2D eigenvalue weighted by Gasteiger charge is -2.26. The number of hydrogen-bond donors (Lipinski definition) is 0. The third-order valence-electron chi connectivity index (χ3n) is 5.88. The summed E-state index contributed by atoms with van der Waals surface area (Å²) in [6, 6.07) is 17.2. The Kier molecular flexibility index (Phi) is 6.85. The molecular formula is C24H28N2O4S. The highest BCUT2D eigenvalue weighted by molar-refractivity contribution is 7.89. The number of amides is 1. The Hall–Kier alpha value is -2.48. The highest BCUT2D eigenvalue weighted by Crippen LogP contribution is 2.22. The molecule has 2 fully saturated rings. The highest BCUT2D eigenvalue weighted by Gasteiger charge is 2.28. The van der Waals surface area contributed by atoms with Crippen LogP contribution in [0.5, 0.6) is 0 Å². The van der Waals surface area contributed by atoms with E-state index in [1.807, 2.05) is 23.1 Å². The third kappa shape index (κ3) is 5.23. The summed E-state index contributed by atoms with van der Waals surface area (Å²) in [7, 11) is -3.51. The van der Waals surface area contributed by atoms with Gasteiger partial charge in [-0.05, 0) is 48.6 Å². The molecule has 0 saturated carbocycles. The van der Waals surface area contributed by atoms with Crippen LogP contribution in [0.2, 0.25) is 0 Å². The molecule has 1 atom stereocenters. The van der Waals surface area contributed by atoms with E-state index in [0.717, 1.165) is 31.4 Å². The van der Waals surface area contributed by atoms with Crippen molar-refractivity contribution in [3.63, 3.8) is 0 Å². The number of morpholine rings is 1. The Morgan fingerprint density at radius 1 is 1.00 bits per heavy atom. The van der Waals surface area contributed by atoms with Gasteiger partial charge < -0.3 is 9.64 Å². The summed E-state index contributed by atoms with van der Waals surface area (Å²) in [5.74, 6) is 0.00319. The average molecular weight is 441 g/mol. The molecule has 2 saturated heterocycles. The minimum atomic E-state index is -3.51. The van der Waals surface area contributed by atoms with Crippen molar-refractivity contribution in [1.29, 1.82) is 0 Å². The average Bonchev–Trinajstić information content (AvgIpc) is 3.27. The molecule has 2 heterocycles. The van der Waals surface area contributed by atoms with Crippen molar-refractivity contribution >= 4 is 22.0 Å². The molecule has 0 aliphatic carbocycles. The van der Waals surface area contributed by atoms with Crippen molar-refractivity contribution in [3.8, 4) is 0 Å². The standard InChI is InChI=1S/C24H28N2O4S/c27-24(26-14-4-7-22(26)19-21-5-2-1-3-6-21)13-10-20-8-11-23(12-9-20)31(28,29)25-15-17-30-18-16-25/h1-3,5-6,8-13,22H,4,7,14-19H2/b13-10+. The Labute approximate surface area is 184 Å². The van der Waals surface area contributed by atoms with Gasteiger partial charge in [0.2, 0.25) is 15.9 Å². The van der Waals surface area contributed by atoms with Crippen LogP contribution in [0.1, 0.15) is 24.0 Å². The second kappa shape index (κ2) is 9.77. The van der Waals surface area contributed by atoms with Gasteiger partial charge in [-0.25, -0.2) is 8.42 Å². The first-order valence-corrected chi connectivity index (χ1v) is 12.2. The molecule has 31 heavy (non-hydrogen) atoms. The molecule has 2 aromatic rings. The molecule has 7 heteroatoms. The van der Waals surface area contributed by atoms with E-state index in [4.69, 9.17) is 4.74 Å². The van der Waals surface area contributed by atoms with E-state index in [2.05, 4.69) is 12.1 Å². The SMILES string of the molecule is O=C(/C=C/c1ccc(S(=O)(=O)N2CCOCC2)cc1)N1CCCC1Cc1ccccc1. The first-order valence-electron chi connectivity index (χ1n) is 10.7. The lowest BCUT2D eigenvalue weighted by molar-refractivity contribution is -0.126. The van der Waals surface area contributed by atoms with Gasteiger partial charge in [0, 0.05) is 31.8 Å². The van der Waals surface area contributed by atoms with E-state index in [1.54, 1.807) is 36.4 Å². The molecule has 2 aliphatic heterocycles. The second-order valence-corrected chi connectivity index (χ2v) is 9.87. The Balaban J connectivity index is 1.39. The van der Waals surface area contributed by atoms with E-state index in [0.29, 0.717) is 26.3 Å². The fourth-order valence-electron chi connectivity index (χ4n) is 4.17. The largest absolute Gasteiger partial charge is 0.379 e. The maximum Gasteiger partial charge on any atom is 0.246 e. The van der Waals surface area contributed by atoms with Crippen LogP contribution in [0, 0.1) is 0 Å². The van der Waals surface area contributed by atoms with Gasteiger partial charge in [0.25, 0.3) is 0 Å². The lowest BCUT2D eigenvalue weighted by Crippen LogP contribution is -2.40. The van der Waals surface area contributed by atoms with Gasteiger partial charge in [0.05, 0.1) is 18.1 Å². The molecule has 2 aliphatic rings. The van der Waals surface area contributed by atoms with Crippen LogP contribution in [0.3, 0.4) is 0 Å². The minimum Gasteiger partial charge on any atom is -0.379 e. The number of carbonyl (C=O) groups is 1. The number of carbonyl (C=O) groups excluding carboxylic acids is 1. The van der Waals surface area contributed by atoms with Gasteiger partial charge in [0.15, 0.2) is 0 Å². The van der Waals surface area contributed by atoms with Crippen LogP contribution in [-0.2, 0) is 26.0 Å². The fraction of sp³-hybridized carbons (Fsp3) is 0.375. The van der Waals surface area contributed by atoms with Gasteiger partial charge in [-0.2, -0.15) is 4.31 Å². The van der Waals surface area contributed by atoms with Crippen LogP contribution < -0.4 is 0 Å². The number of likely N-dealkylation sites (tertiary alicyclic amines) is 1. The van der Waals surface area contributed by atoms with Crippen molar-refractivity contribution in [3.05, 3.63) is 71.8 Å². The Bertz CT molecular complexity index is 1010. The summed E-state index contributed by atoms with van der Waals surface area (Å²) >= 11 is 0. The van der Waals surface area contributed by atoms with Crippen LogP contribution >= 0.6 is 0 Å². The molecule has 0 spiro atoms. The topological polar surface area (TPSA) is 66.9 Å². The molecule has 0 N–H and O–H groups in total. The smallest absolute Gasteiger partial charge is 0.246 e. The number of benzene rings is 2. The molecule has 1 unspecified atom stereocenters. The predicted molar refractivity (Wildman–Crippen MR) is 120 cm³/mol. The zero-order chi connectivity index (χ0) is 21.7. The fourth-order valence-corrected chi connectivity index (χ4v) is 5.58. The maximum absolute atomic E-state index is 12.8. The highest BCUT2D eigenvalue weighted by atomic mass is 32.2. The van der Waals surface area contributed by atoms with Crippen molar-refractivity contribution < 1.29 is 17.9 Å². The van der Waals surface area contributed by atoms with Gasteiger partial charge in [-0.1, -0.05) is 42.5 Å². The van der Waals surface area contributed by atoms with Crippen LogP contribution in [-0.4, -0.2) is 62.4 Å². The second-order valence-electron chi connectivity index (χ2n) is 7.94. The summed E-state index contributed by atoms with van der Waals surface area (Å²) < 4.78 is 32.1. The Morgan fingerprint density at radius 3 is 2.42 bits per heavy atom. The molecule has 164 valence electrons. The van der Waals surface area contributed by atoms with Crippen molar-refractivity contribution in [2.24, 2.45) is 0 Å². The molecule has 6 nitrogen and oxygen atoms in total. The van der Waals surface area contributed by atoms with E-state index < -0.39 is 10.0 Å². The lowest BCUT2D eigenvalue weighted by atomic mass is 10.0. The zero-order valence-electron chi connectivity index (χ0n) is 17.5. The molecule has 4 rings (SSSR count). The number of rotatable bonds is 6. The first-order chi connectivity index (χ1) is 15.0. The van der Waals surface area contributed by atoms with Crippen molar-refractivity contribution in [1.82, 2.24) is 9.21 Å². The van der Waals surface area contributed by atoms with Gasteiger partial charge in [-0.3, -0.25) is 4.79 Å². The quantitative estimate of drug-likeness (QED) is 0.648. The third-order valence-corrected chi connectivity index (χ3v) is 7.79. The Morgan fingerprint density at radius 2 is 1.71 bits per heavy atom. The molecule has 0 bridgehead atoms. The maximum atomic E-state index is 12.8. The predicted octanol–water partition coefficient (Wildman–Crippen LogP) is 2.95. The molecule has 1 amide bonds. The molecule has 2 aromatic carbocycles. The summed E-state index contributed by atoms with van der Waals surface area (Å²) in [4.78, 5) is 15.0. The molecule has 0 aromatic heterocycles. The van der Waals surface area contributed by atoms with E-state index in [9.17, 15) is 13.2 Å². The number of sulfonamides is 1. The van der Waals surface area contributed by atoms with Gasteiger partial charge >= 0.3 is 0 Å². The van der Waals surface area contributed by atoms with Gasteiger partial charge in [0.1, 0.15) is 0 Å². The number of hydrogen-bond acceptors (Lipinski definition) is 4. The van der Waals surface area contributed by atoms with Crippen LogP contribution in [0.4, 0.5) is 0 Å². The number of nitrogens with zero attached hydrogens (tertiary/aromatic N) is 2. The first kappa shape index (κ1) is 21.7. The monoisotopic (exact) mass is 440 g/mol. The van der Waals surface area contributed by atoms with Gasteiger partial charge in [-0.15, -0.1) is 0 Å². The summed E-state index contributed by atoms with van der Waals surface area (Å²) in [6.45, 7) is 2.36. The summed E-state index contributed by atoms with van der Waals surface area (Å²) in [5.41, 5.74) is 2.04. The van der Waals surface area contributed by atoms with Crippen LogP contribution in [0.15, 0.2) is 65.6 Å². The number of ether oxygens (including phenoxy) is 1. The molecule has 0 radical (unpaired) electrons. The van der Waals surface area contributed by atoms with E-state index in [1.165, 1.54) is 9.87 Å². The minimum absolute atomic E-state index is 0.00319. The zero-order valence-corrected chi connectivity index (χ0v) is 18.3.